The second-order valence-corrected chi connectivity index (χ2v) is 8.96. The Bertz CT molecular complexity index is 971. The summed E-state index contributed by atoms with van der Waals surface area (Å²) in [4.78, 5) is 13.9. The first-order valence-corrected chi connectivity index (χ1v) is 10.4. The molecule has 27 heavy (non-hydrogen) atoms. The van der Waals surface area contributed by atoms with E-state index in [1.807, 2.05) is 13.8 Å². The molecule has 3 heterocycles. The normalized spacial score (nSPS) is 18.5. The third-order valence-electron chi connectivity index (χ3n) is 5.23. The molecule has 9 heteroatoms. The minimum atomic E-state index is -3.57. The molecule has 2 aromatic rings. The van der Waals surface area contributed by atoms with E-state index < -0.39 is 10.0 Å². The van der Waals surface area contributed by atoms with E-state index in [0.717, 1.165) is 22.6 Å². The molecule has 8 nitrogen and oxygen atoms in total. The maximum atomic E-state index is 13.0. The number of anilines is 1. The van der Waals surface area contributed by atoms with Crippen LogP contribution in [0.1, 0.15) is 22.6 Å². The zero-order chi connectivity index (χ0) is 19.2. The zero-order valence-electron chi connectivity index (χ0n) is 15.4. The van der Waals surface area contributed by atoms with Crippen LogP contribution in [0.15, 0.2) is 27.6 Å². The van der Waals surface area contributed by atoms with Crippen molar-refractivity contribution in [3.8, 4) is 0 Å². The Morgan fingerprint density at radius 2 is 1.93 bits per heavy atom. The van der Waals surface area contributed by atoms with E-state index in [0.29, 0.717) is 38.4 Å². The van der Waals surface area contributed by atoms with Gasteiger partial charge in [-0.25, -0.2) is 8.42 Å². The predicted molar refractivity (Wildman–Crippen MR) is 98.8 cm³/mol. The van der Waals surface area contributed by atoms with E-state index in [2.05, 4.69) is 15.4 Å². The molecule has 0 bridgehead atoms. The maximum Gasteiger partial charge on any atom is 0.243 e. The molecule has 144 valence electrons. The third-order valence-corrected chi connectivity index (χ3v) is 7.13. The first-order chi connectivity index (χ1) is 12.8. The van der Waals surface area contributed by atoms with Gasteiger partial charge in [0.1, 0.15) is 5.76 Å². The smallest absolute Gasteiger partial charge is 0.243 e. The van der Waals surface area contributed by atoms with Crippen LogP contribution >= 0.6 is 0 Å². The molecule has 1 saturated heterocycles. The highest BCUT2D eigenvalue weighted by atomic mass is 32.2. The third kappa shape index (κ3) is 3.38. The average molecular weight is 390 g/mol. The van der Waals surface area contributed by atoms with Gasteiger partial charge in [0.15, 0.2) is 0 Å². The lowest BCUT2D eigenvalue weighted by molar-refractivity contribution is -0.115. The summed E-state index contributed by atoms with van der Waals surface area (Å²) in [6.45, 7) is 6.67. The topological polar surface area (TPSA) is 95.8 Å². The van der Waals surface area contributed by atoms with E-state index in [1.165, 1.54) is 4.31 Å². The molecule has 1 fully saturated rings. The first kappa shape index (κ1) is 18.1. The highest BCUT2D eigenvalue weighted by Crippen LogP contribution is 2.28. The van der Waals surface area contributed by atoms with Crippen LogP contribution in [0.2, 0.25) is 0 Å². The minimum absolute atomic E-state index is 0.104. The van der Waals surface area contributed by atoms with Crippen molar-refractivity contribution in [3.63, 3.8) is 0 Å². The van der Waals surface area contributed by atoms with Crippen LogP contribution in [0.3, 0.4) is 0 Å². The quantitative estimate of drug-likeness (QED) is 0.845. The van der Waals surface area contributed by atoms with Crippen molar-refractivity contribution in [2.45, 2.75) is 31.7 Å². The van der Waals surface area contributed by atoms with Crippen molar-refractivity contribution >= 4 is 21.6 Å². The Balaban J connectivity index is 1.44. The molecule has 2 aliphatic heterocycles. The molecule has 1 N–H and O–H groups in total. The standard InChI is InChI=1S/C18H22N4O4S/c1-12-16(13(2)26-20-12)11-21-5-7-22(8-6-21)27(24,25)15-3-4-17-14(9-15)10-18(23)19-17/h3-4,9H,5-8,10-11H2,1-2H3,(H,19,23). The number of hydrogen-bond donors (Lipinski definition) is 1. The fourth-order valence-electron chi connectivity index (χ4n) is 3.59. The molecule has 2 aliphatic rings. The largest absolute Gasteiger partial charge is 0.361 e. The molecule has 1 aromatic carbocycles. The number of aromatic nitrogens is 1. The lowest BCUT2D eigenvalue weighted by Gasteiger charge is -2.34. The van der Waals surface area contributed by atoms with Gasteiger partial charge in [-0.2, -0.15) is 4.31 Å². The van der Waals surface area contributed by atoms with Crippen molar-refractivity contribution < 1.29 is 17.7 Å². The number of nitrogens with zero attached hydrogens (tertiary/aromatic N) is 3. The molecule has 0 aliphatic carbocycles. The van der Waals surface area contributed by atoms with Crippen molar-refractivity contribution in [1.29, 1.82) is 0 Å². The molecule has 1 amide bonds. The van der Waals surface area contributed by atoms with Crippen LogP contribution in [0.5, 0.6) is 0 Å². The molecule has 0 unspecified atom stereocenters. The number of rotatable bonds is 4. The van der Waals surface area contributed by atoms with Gasteiger partial charge in [-0.3, -0.25) is 9.69 Å². The van der Waals surface area contributed by atoms with Gasteiger partial charge in [-0.05, 0) is 37.6 Å². The molecule has 4 rings (SSSR count). The van der Waals surface area contributed by atoms with Gasteiger partial charge >= 0.3 is 0 Å². The Morgan fingerprint density at radius 1 is 1.19 bits per heavy atom. The lowest BCUT2D eigenvalue weighted by Crippen LogP contribution is -2.48. The SMILES string of the molecule is Cc1noc(C)c1CN1CCN(S(=O)(=O)c2ccc3c(c2)CC(=O)N3)CC1. The van der Waals surface area contributed by atoms with E-state index in [-0.39, 0.29) is 17.2 Å². The second-order valence-electron chi connectivity index (χ2n) is 7.03. The average Bonchev–Trinajstić information content (AvgIpc) is 3.17. The van der Waals surface area contributed by atoms with Crippen molar-refractivity contribution in [2.75, 3.05) is 31.5 Å². The number of benzene rings is 1. The highest BCUT2D eigenvalue weighted by molar-refractivity contribution is 7.89. The number of nitrogens with one attached hydrogen (secondary N) is 1. The Kier molecular flexibility index (Phi) is 4.53. The number of fused-ring (bicyclic) bond motifs is 1. The van der Waals surface area contributed by atoms with E-state index in [1.54, 1.807) is 18.2 Å². The number of carbonyl (C=O) groups is 1. The second kappa shape index (κ2) is 6.74. The molecule has 0 radical (unpaired) electrons. The lowest BCUT2D eigenvalue weighted by atomic mass is 10.2. The number of aryl methyl sites for hydroxylation is 2. The van der Waals surface area contributed by atoms with E-state index in [9.17, 15) is 13.2 Å². The van der Waals surface area contributed by atoms with Crippen LogP contribution in [-0.2, 0) is 27.8 Å². The number of piperazine rings is 1. The number of carbonyl (C=O) groups excluding carboxylic acids is 1. The van der Waals surface area contributed by atoms with Crippen molar-refractivity contribution in [3.05, 3.63) is 40.8 Å². The Hall–Kier alpha value is -2.23. The number of amides is 1. The summed E-state index contributed by atoms with van der Waals surface area (Å²) >= 11 is 0. The summed E-state index contributed by atoms with van der Waals surface area (Å²) in [5.74, 6) is 0.705. The van der Waals surface area contributed by atoms with Crippen LogP contribution in [0, 0.1) is 13.8 Å². The van der Waals surface area contributed by atoms with E-state index >= 15 is 0 Å². The first-order valence-electron chi connectivity index (χ1n) is 8.91. The van der Waals surface area contributed by atoms with Gasteiger partial charge in [0.05, 0.1) is 17.0 Å². The molecular weight excluding hydrogens is 368 g/mol. The van der Waals surface area contributed by atoms with Crippen molar-refractivity contribution in [2.24, 2.45) is 0 Å². The molecular formula is C18H22N4O4S. The Morgan fingerprint density at radius 3 is 2.59 bits per heavy atom. The predicted octanol–water partition coefficient (Wildman–Crippen LogP) is 1.29. The van der Waals surface area contributed by atoms with Crippen molar-refractivity contribution in [1.82, 2.24) is 14.4 Å². The van der Waals surface area contributed by atoms with Gasteiger partial charge in [0.25, 0.3) is 0 Å². The van der Waals surface area contributed by atoms with Gasteiger partial charge < -0.3 is 9.84 Å². The maximum absolute atomic E-state index is 13.0. The number of sulfonamides is 1. The van der Waals surface area contributed by atoms with Crippen LogP contribution < -0.4 is 5.32 Å². The number of hydrogen-bond acceptors (Lipinski definition) is 6. The summed E-state index contributed by atoms with van der Waals surface area (Å²) in [6.07, 6.45) is 0.226. The molecule has 0 atom stereocenters. The van der Waals surface area contributed by atoms with E-state index in [4.69, 9.17) is 4.52 Å². The van der Waals surface area contributed by atoms with Gasteiger partial charge in [-0.15, -0.1) is 0 Å². The zero-order valence-corrected chi connectivity index (χ0v) is 16.2. The fraction of sp³-hybridized carbons (Fsp3) is 0.444. The van der Waals surface area contributed by atoms with Gasteiger partial charge in [0.2, 0.25) is 15.9 Å². The highest BCUT2D eigenvalue weighted by Gasteiger charge is 2.30. The monoisotopic (exact) mass is 390 g/mol. The minimum Gasteiger partial charge on any atom is -0.361 e. The van der Waals surface area contributed by atoms with Crippen LogP contribution in [-0.4, -0.2) is 54.9 Å². The molecule has 1 aromatic heterocycles. The Labute approximate surface area is 158 Å². The fourth-order valence-corrected chi connectivity index (χ4v) is 5.07. The summed E-state index contributed by atoms with van der Waals surface area (Å²) in [6, 6.07) is 4.84. The summed E-state index contributed by atoms with van der Waals surface area (Å²) < 4.78 is 32.7. The summed E-state index contributed by atoms with van der Waals surface area (Å²) in [7, 11) is -3.57. The molecule has 0 spiro atoms. The van der Waals surface area contributed by atoms with Crippen LogP contribution in [0.25, 0.3) is 0 Å². The van der Waals surface area contributed by atoms with Crippen LogP contribution in [0.4, 0.5) is 5.69 Å². The van der Waals surface area contributed by atoms with Gasteiger partial charge in [0, 0.05) is 44.0 Å². The summed E-state index contributed by atoms with van der Waals surface area (Å²) in [5.41, 5.74) is 3.38. The van der Waals surface area contributed by atoms with Gasteiger partial charge in [-0.1, -0.05) is 5.16 Å². The summed E-state index contributed by atoms with van der Waals surface area (Å²) in [5, 5.41) is 6.70. The molecule has 0 saturated carbocycles.